The van der Waals surface area contributed by atoms with Crippen molar-refractivity contribution in [1.82, 2.24) is 5.43 Å². The Labute approximate surface area is 48.8 Å². The van der Waals surface area contributed by atoms with Crippen LogP contribution in [0.3, 0.4) is 0 Å². The third kappa shape index (κ3) is 1.90. The Morgan fingerprint density at radius 3 is 1.88 bits per heavy atom. The van der Waals surface area contributed by atoms with Gasteiger partial charge in [0.1, 0.15) is 0 Å². The second kappa shape index (κ2) is 2.11. The maximum atomic E-state index is 10.6. The average Bonchev–Trinajstić information content (AvgIpc) is 1.62. The average molecular weight is 118 g/mol. The molecular weight excluding hydrogens is 106 g/mol. The Hall–Kier alpha value is -0.610. The van der Waals surface area contributed by atoms with Crippen LogP contribution in [0.4, 0.5) is 4.79 Å². The van der Waals surface area contributed by atoms with E-state index in [0.29, 0.717) is 0 Å². The fraction of sp³-hybridized carbons (Fsp3) is 0.750. The van der Waals surface area contributed by atoms with Gasteiger partial charge in [-0.25, -0.2) is 20.5 Å². The van der Waals surface area contributed by atoms with Crippen LogP contribution in [0.2, 0.25) is 0 Å². The van der Waals surface area contributed by atoms with Crippen molar-refractivity contribution in [1.29, 1.82) is 0 Å². The minimum absolute atomic E-state index is 0.204. The molecule has 0 aliphatic rings. The maximum Gasteiger partial charge on any atom is 0.429 e. The van der Waals surface area contributed by atoms with Gasteiger partial charge in [0.05, 0.1) is 21.1 Å². The van der Waals surface area contributed by atoms with Gasteiger partial charge < -0.3 is 0 Å². The monoisotopic (exact) mass is 118 g/mol. The Morgan fingerprint density at radius 2 is 1.88 bits per heavy atom. The molecule has 48 valence electrons. The summed E-state index contributed by atoms with van der Waals surface area (Å²) >= 11 is 0. The zero-order valence-electron chi connectivity index (χ0n) is 5.43. The second-order valence-electron chi connectivity index (χ2n) is 2.46. The summed E-state index contributed by atoms with van der Waals surface area (Å²) in [5.41, 5.74) is 2.04. The molecule has 0 spiro atoms. The third-order valence-electron chi connectivity index (χ3n) is 0.733. The zero-order valence-corrected chi connectivity index (χ0v) is 5.43. The number of rotatable bonds is 0. The van der Waals surface area contributed by atoms with E-state index < -0.39 is 0 Å². The van der Waals surface area contributed by atoms with Crippen LogP contribution in [0.5, 0.6) is 0 Å². The molecule has 0 unspecified atom stereocenters. The summed E-state index contributed by atoms with van der Waals surface area (Å²) in [5, 5.41) is 0. The van der Waals surface area contributed by atoms with Crippen molar-refractivity contribution in [3.8, 4) is 0 Å². The normalized spacial score (nSPS) is 11.0. The first-order chi connectivity index (χ1) is 3.48. The summed E-state index contributed by atoms with van der Waals surface area (Å²) in [6.07, 6.45) is 0. The van der Waals surface area contributed by atoms with Gasteiger partial charge in [-0.1, -0.05) is 0 Å². The number of carbonyl (C=O) groups excluding carboxylic acids is 1. The van der Waals surface area contributed by atoms with Crippen molar-refractivity contribution in [3.05, 3.63) is 0 Å². The number of nitrogens with two attached hydrogens (primary N) is 1. The summed E-state index contributed by atoms with van der Waals surface area (Å²) in [7, 11) is 5.21. The van der Waals surface area contributed by atoms with Crippen LogP contribution in [0.25, 0.3) is 0 Å². The van der Waals surface area contributed by atoms with Gasteiger partial charge >= 0.3 is 6.03 Å². The van der Waals surface area contributed by atoms with Crippen molar-refractivity contribution in [3.63, 3.8) is 0 Å². The van der Waals surface area contributed by atoms with Gasteiger partial charge in [-0.05, 0) is 0 Å². The van der Waals surface area contributed by atoms with Gasteiger partial charge in [0, 0.05) is 0 Å². The fourth-order valence-corrected chi connectivity index (χ4v) is 0.194. The molecule has 0 heterocycles. The van der Waals surface area contributed by atoms with E-state index in [1.54, 1.807) is 21.1 Å². The Bertz CT molecular complexity index is 93.9. The molecule has 0 radical (unpaired) electrons. The molecule has 8 heavy (non-hydrogen) atoms. The smallest absolute Gasteiger partial charge is 0.247 e. The van der Waals surface area contributed by atoms with E-state index in [0.717, 1.165) is 0 Å². The molecule has 0 fully saturated rings. The van der Waals surface area contributed by atoms with Crippen LogP contribution in [0, 0.1) is 0 Å². The van der Waals surface area contributed by atoms with Gasteiger partial charge in [-0.3, -0.25) is 0 Å². The van der Waals surface area contributed by atoms with Crippen LogP contribution >= 0.6 is 0 Å². The van der Waals surface area contributed by atoms with Crippen LogP contribution in [-0.4, -0.2) is 31.7 Å². The molecule has 0 rings (SSSR count). The van der Waals surface area contributed by atoms with Gasteiger partial charge in [0.25, 0.3) is 0 Å². The molecule has 0 saturated heterocycles. The van der Waals surface area contributed by atoms with Gasteiger partial charge in [0.15, 0.2) is 0 Å². The van der Waals surface area contributed by atoms with E-state index in [9.17, 15) is 4.79 Å². The Kier molecular flexibility index (Phi) is 1.94. The van der Waals surface area contributed by atoms with E-state index in [1.807, 2.05) is 5.43 Å². The van der Waals surface area contributed by atoms with Crippen molar-refractivity contribution >= 4 is 6.03 Å². The molecule has 0 aromatic carbocycles. The molecule has 0 aliphatic carbocycles. The first-order valence-electron chi connectivity index (χ1n) is 2.31. The van der Waals surface area contributed by atoms with Crippen molar-refractivity contribution in [2.75, 3.05) is 21.1 Å². The van der Waals surface area contributed by atoms with Crippen LogP contribution in [0.1, 0.15) is 0 Å². The van der Waals surface area contributed by atoms with Gasteiger partial charge in [-0.15, -0.1) is 0 Å². The number of hydrazine groups is 1. The highest BCUT2D eigenvalue weighted by molar-refractivity contribution is 5.65. The van der Waals surface area contributed by atoms with Crippen molar-refractivity contribution < 1.29 is 9.28 Å². The Morgan fingerprint density at radius 1 is 1.50 bits per heavy atom. The summed E-state index contributed by atoms with van der Waals surface area (Å²) < 4.78 is 0.205. The van der Waals surface area contributed by atoms with Crippen LogP contribution in [-0.2, 0) is 0 Å². The molecule has 4 nitrogen and oxygen atoms in total. The third-order valence-corrected chi connectivity index (χ3v) is 0.733. The fourth-order valence-electron chi connectivity index (χ4n) is 0.194. The van der Waals surface area contributed by atoms with Crippen LogP contribution in [0.15, 0.2) is 0 Å². The maximum absolute atomic E-state index is 10.6. The lowest BCUT2D eigenvalue weighted by Crippen LogP contribution is -2.50. The summed E-state index contributed by atoms with van der Waals surface area (Å²) in [6.45, 7) is 0. The lowest BCUT2D eigenvalue weighted by atomic mass is 10.7. The van der Waals surface area contributed by atoms with Gasteiger partial charge in [-0.2, -0.15) is 0 Å². The highest BCUT2D eigenvalue weighted by Crippen LogP contribution is 1.87. The topological polar surface area (TPSA) is 55.1 Å². The number of carbonyl (C=O) groups is 1. The predicted molar refractivity (Wildman–Crippen MR) is 30.8 cm³/mol. The number of hydrogen-bond acceptors (Lipinski definition) is 2. The molecular formula is C4H12N3O+. The molecule has 2 amide bonds. The van der Waals surface area contributed by atoms with E-state index in [1.165, 1.54) is 0 Å². The van der Waals surface area contributed by atoms with Crippen molar-refractivity contribution in [2.24, 2.45) is 5.84 Å². The van der Waals surface area contributed by atoms with Crippen molar-refractivity contribution in [2.45, 2.75) is 0 Å². The number of nitrogens with zero attached hydrogens (tertiary/aromatic N) is 1. The minimum Gasteiger partial charge on any atom is -0.247 e. The zero-order chi connectivity index (χ0) is 6.78. The highest BCUT2D eigenvalue weighted by Gasteiger charge is 2.17. The number of urea groups is 1. The quantitative estimate of drug-likeness (QED) is 0.191. The van der Waals surface area contributed by atoms with E-state index >= 15 is 0 Å². The number of amides is 2. The molecule has 0 atom stereocenters. The first kappa shape index (κ1) is 7.39. The number of hydrogen-bond donors (Lipinski definition) is 2. The molecule has 0 aliphatic heterocycles. The first-order valence-corrected chi connectivity index (χ1v) is 2.31. The highest BCUT2D eigenvalue weighted by atomic mass is 16.2. The lowest BCUT2D eigenvalue weighted by molar-refractivity contribution is -0.787. The largest absolute Gasteiger partial charge is 0.429 e. The Balaban J connectivity index is 3.82. The molecule has 0 aromatic rings. The predicted octanol–water partition coefficient (Wildman–Crippen LogP) is -0.724. The SMILES string of the molecule is C[N+](C)(C)C(=O)NN. The molecule has 4 heteroatoms. The summed E-state index contributed by atoms with van der Waals surface area (Å²) in [5.74, 6) is 4.84. The van der Waals surface area contributed by atoms with E-state index in [2.05, 4.69) is 0 Å². The lowest BCUT2D eigenvalue weighted by Gasteiger charge is -2.18. The molecule has 0 bridgehead atoms. The second-order valence-corrected chi connectivity index (χ2v) is 2.46. The van der Waals surface area contributed by atoms with E-state index in [4.69, 9.17) is 5.84 Å². The number of nitrogens with one attached hydrogen (secondary N) is 1. The van der Waals surface area contributed by atoms with E-state index in [-0.39, 0.29) is 10.5 Å². The molecule has 0 saturated carbocycles. The van der Waals surface area contributed by atoms with Gasteiger partial charge in [0.2, 0.25) is 0 Å². The molecule has 0 aromatic heterocycles. The minimum atomic E-state index is -0.204. The number of quaternary nitrogens is 1. The summed E-state index contributed by atoms with van der Waals surface area (Å²) in [4.78, 5) is 10.6. The standard InChI is InChI=1S/C4H11N3O/c1-7(2,3)4(8)6-5/h5H2,1-3H3/p+1. The molecule has 3 N–H and O–H groups in total. The van der Waals surface area contributed by atoms with Crippen LogP contribution < -0.4 is 11.3 Å². The summed E-state index contributed by atoms with van der Waals surface area (Å²) in [6, 6.07) is -0.204.